The molecule has 18 heavy (non-hydrogen) atoms. The Bertz CT molecular complexity index is 574. The van der Waals surface area contributed by atoms with Gasteiger partial charge in [-0.2, -0.15) is 0 Å². The molecule has 2 heteroatoms. The molecule has 0 radical (unpaired) electrons. The zero-order valence-corrected chi connectivity index (χ0v) is 10.1. The molecule has 1 unspecified atom stereocenters. The third-order valence-corrected chi connectivity index (χ3v) is 4.15. The monoisotopic (exact) mass is 237 g/mol. The van der Waals surface area contributed by atoms with Crippen LogP contribution in [0.3, 0.4) is 0 Å². The van der Waals surface area contributed by atoms with Crippen LogP contribution in [0.5, 0.6) is 0 Å². The number of nitrogens with two attached hydrogens (primary N) is 1. The maximum atomic E-state index is 6.14. The molecule has 1 saturated heterocycles. The van der Waals surface area contributed by atoms with Gasteiger partial charge in [0, 0.05) is 0 Å². The average Bonchev–Trinajstić information content (AvgIpc) is 2.93. The Balaban J connectivity index is 2.04. The second-order valence-electron chi connectivity index (χ2n) is 5.11. The lowest BCUT2D eigenvalue weighted by molar-refractivity contribution is -0.0104. The van der Waals surface area contributed by atoms with Crippen LogP contribution in [0.15, 0.2) is 48.5 Å². The zero-order valence-electron chi connectivity index (χ0n) is 10.1. The molecule has 2 aliphatic rings. The molecule has 2 aromatic rings. The summed E-state index contributed by atoms with van der Waals surface area (Å²) in [5.74, 6) is 0. The summed E-state index contributed by atoms with van der Waals surface area (Å²) in [7, 11) is 0. The van der Waals surface area contributed by atoms with Crippen molar-refractivity contribution in [1.82, 2.24) is 0 Å². The fraction of sp³-hybridized carbons (Fsp3) is 0.250. The lowest BCUT2D eigenvalue weighted by Crippen LogP contribution is -2.28. The van der Waals surface area contributed by atoms with Gasteiger partial charge >= 0.3 is 0 Å². The van der Waals surface area contributed by atoms with Crippen LogP contribution in [0.25, 0.3) is 11.1 Å². The molecular weight excluding hydrogens is 222 g/mol. The fourth-order valence-electron chi connectivity index (χ4n) is 3.40. The first kappa shape index (κ1) is 10.3. The number of benzene rings is 2. The molecule has 1 heterocycles. The van der Waals surface area contributed by atoms with E-state index in [4.69, 9.17) is 10.5 Å². The standard InChI is InChI=1S/C16H15NO/c17-15-9-10-16(18-15)13-7-3-1-5-11(13)12-6-2-4-8-14(12)16/h1-8,15H,9-10,17H2. The molecule has 90 valence electrons. The molecule has 1 fully saturated rings. The minimum absolute atomic E-state index is 0.149. The summed E-state index contributed by atoms with van der Waals surface area (Å²) in [6, 6.07) is 17.0. The van der Waals surface area contributed by atoms with Crippen molar-refractivity contribution in [3.05, 3.63) is 59.7 Å². The molecule has 1 aliphatic carbocycles. The van der Waals surface area contributed by atoms with Crippen LogP contribution < -0.4 is 5.73 Å². The Hall–Kier alpha value is -1.64. The van der Waals surface area contributed by atoms with Gasteiger partial charge in [0.25, 0.3) is 0 Å². The third kappa shape index (κ3) is 1.14. The van der Waals surface area contributed by atoms with Gasteiger partial charge in [0.15, 0.2) is 0 Å². The van der Waals surface area contributed by atoms with Crippen molar-refractivity contribution < 1.29 is 4.74 Å². The topological polar surface area (TPSA) is 35.2 Å². The van der Waals surface area contributed by atoms with E-state index in [0.717, 1.165) is 12.8 Å². The highest BCUT2D eigenvalue weighted by Crippen LogP contribution is 2.54. The number of rotatable bonds is 0. The molecule has 0 bridgehead atoms. The van der Waals surface area contributed by atoms with E-state index in [1.807, 2.05) is 0 Å². The average molecular weight is 237 g/mol. The van der Waals surface area contributed by atoms with Crippen LogP contribution in [0.2, 0.25) is 0 Å². The van der Waals surface area contributed by atoms with Gasteiger partial charge in [-0.3, -0.25) is 0 Å². The fourth-order valence-corrected chi connectivity index (χ4v) is 3.40. The van der Waals surface area contributed by atoms with Crippen molar-refractivity contribution in [2.75, 3.05) is 0 Å². The second-order valence-corrected chi connectivity index (χ2v) is 5.11. The lowest BCUT2D eigenvalue weighted by atomic mass is 9.89. The first-order valence-electron chi connectivity index (χ1n) is 6.44. The number of hydrogen-bond acceptors (Lipinski definition) is 2. The predicted molar refractivity (Wildman–Crippen MR) is 71.0 cm³/mol. The van der Waals surface area contributed by atoms with E-state index < -0.39 is 0 Å². The van der Waals surface area contributed by atoms with Crippen LogP contribution in [0.1, 0.15) is 24.0 Å². The summed E-state index contributed by atoms with van der Waals surface area (Å²) in [5.41, 5.74) is 10.8. The largest absolute Gasteiger partial charge is 0.348 e. The number of fused-ring (bicyclic) bond motifs is 5. The Morgan fingerprint density at radius 2 is 1.50 bits per heavy atom. The van der Waals surface area contributed by atoms with E-state index in [1.165, 1.54) is 22.3 Å². The summed E-state index contributed by atoms with van der Waals surface area (Å²) >= 11 is 0. The maximum Gasteiger partial charge on any atom is 0.121 e. The van der Waals surface area contributed by atoms with E-state index in [9.17, 15) is 0 Å². The van der Waals surface area contributed by atoms with Gasteiger partial charge in [-0.25, -0.2) is 0 Å². The van der Waals surface area contributed by atoms with Crippen molar-refractivity contribution in [2.24, 2.45) is 5.73 Å². The minimum Gasteiger partial charge on any atom is -0.348 e. The molecule has 2 nitrogen and oxygen atoms in total. The molecule has 4 rings (SSSR count). The second kappa shape index (κ2) is 3.44. The van der Waals surface area contributed by atoms with Gasteiger partial charge in [-0.1, -0.05) is 48.5 Å². The Labute approximate surface area is 106 Å². The highest BCUT2D eigenvalue weighted by Gasteiger charge is 2.48. The van der Waals surface area contributed by atoms with Crippen LogP contribution in [0.4, 0.5) is 0 Å². The summed E-state index contributed by atoms with van der Waals surface area (Å²) in [4.78, 5) is 0. The summed E-state index contributed by atoms with van der Waals surface area (Å²) in [6.45, 7) is 0. The van der Waals surface area contributed by atoms with Crippen molar-refractivity contribution in [3.8, 4) is 11.1 Å². The van der Waals surface area contributed by atoms with Crippen LogP contribution in [0, 0.1) is 0 Å². The lowest BCUT2D eigenvalue weighted by Gasteiger charge is -2.26. The maximum absolute atomic E-state index is 6.14. The van der Waals surface area contributed by atoms with E-state index in [0.29, 0.717) is 0 Å². The van der Waals surface area contributed by atoms with Crippen molar-refractivity contribution >= 4 is 0 Å². The molecule has 1 spiro atoms. The van der Waals surface area contributed by atoms with Gasteiger partial charge in [-0.15, -0.1) is 0 Å². The quantitative estimate of drug-likeness (QED) is 0.764. The predicted octanol–water partition coefficient (Wildman–Crippen LogP) is 3.01. The van der Waals surface area contributed by atoms with E-state index in [1.54, 1.807) is 0 Å². The van der Waals surface area contributed by atoms with Gasteiger partial charge in [0.2, 0.25) is 0 Å². The molecule has 0 saturated carbocycles. The van der Waals surface area contributed by atoms with Gasteiger partial charge < -0.3 is 10.5 Å². The van der Waals surface area contributed by atoms with Crippen LogP contribution in [-0.4, -0.2) is 6.23 Å². The molecular formula is C16H15NO. The van der Waals surface area contributed by atoms with Gasteiger partial charge in [-0.05, 0) is 35.1 Å². The Morgan fingerprint density at radius 1 is 0.944 bits per heavy atom. The smallest absolute Gasteiger partial charge is 0.121 e. The zero-order chi connectivity index (χ0) is 12.2. The van der Waals surface area contributed by atoms with Crippen molar-refractivity contribution in [1.29, 1.82) is 0 Å². The first-order chi connectivity index (χ1) is 8.81. The highest BCUT2D eigenvalue weighted by atomic mass is 16.5. The number of ether oxygens (including phenoxy) is 1. The van der Waals surface area contributed by atoms with E-state index >= 15 is 0 Å². The molecule has 2 aromatic carbocycles. The Kier molecular flexibility index (Phi) is 1.97. The third-order valence-electron chi connectivity index (χ3n) is 4.15. The number of hydrogen-bond donors (Lipinski definition) is 1. The summed E-state index contributed by atoms with van der Waals surface area (Å²) < 4.78 is 6.14. The minimum atomic E-state index is -0.299. The summed E-state index contributed by atoms with van der Waals surface area (Å²) in [5, 5.41) is 0. The first-order valence-corrected chi connectivity index (χ1v) is 6.44. The van der Waals surface area contributed by atoms with Gasteiger partial charge in [0.05, 0.1) is 0 Å². The van der Waals surface area contributed by atoms with Crippen molar-refractivity contribution in [2.45, 2.75) is 24.7 Å². The van der Waals surface area contributed by atoms with Crippen molar-refractivity contribution in [3.63, 3.8) is 0 Å². The van der Waals surface area contributed by atoms with Crippen LogP contribution >= 0.6 is 0 Å². The molecule has 1 aliphatic heterocycles. The molecule has 0 amide bonds. The van der Waals surface area contributed by atoms with Crippen LogP contribution in [-0.2, 0) is 10.3 Å². The van der Waals surface area contributed by atoms with E-state index in [-0.39, 0.29) is 11.8 Å². The molecule has 0 aromatic heterocycles. The molecule has 2 N–H and O–H groups in total. The highest BCUT2D eigenvalue weighted by molar-refractivity contribution is 5.80. The molecule has 1 atom stereocenters. The normalized spacial score (nSPS) is 23.1. The SMILES string of the molecule is NC1CCC2(O1)c1ccccc1-c1ccccc12. The Morgan fingerprint density at radius 3 is 2.00 bits per heavy atom. The summed E-state index contributed by atoms with van der Waals surface area (Å²) in [6.07, 6.45) is 1.74. The van der Waals surface area contributed by atoms with E-state index in [2.05, 4.69) is 48.5 Å². The van der Waals surface area contributed by atoms with Gasteiger partial charge in [0.1, 0.15) is 11.8 Å².